The smallest absolute Gasteiger partial charge is 0.152 e. The van der Waals surface area contributed by atoms with Gasteiger partial charge in [-0.3, -0.25) is 0 Å². The number of nitrogens with one attached hydrogen (secondary N) is 1. The molecule has 0 radical (unpaired) electrons. The Balaban J connectivity index is 1.92. The lowest BCUT2D eigenvalue weighted by atomic mass is 10.2. The van der Waals surface area contributed by atoms with Gasteiger partial charge in [-0.25, -0.2) is 4.98 Å². The summed E-state index contributed by atoms with van der Waals surface area (Å²) in [6, 6.07) is 9.92. The van der Waals surface area contributed by atoms with Crippen LogP contribution in [0, 0.1) is 0 Å². The number of fused-ring (bicyclic) bond motifs is 1. The predicted molar refractivity (Wildman–Crippen MR) is 90.4 cm³/mol. The number of aromatic nitrogens is 1. The minimum atomic E-state index is 0.203. The maximum atomic E-state index is 5.99. The zero-order chi connectivity index (χ0) is 14.3. The molecule has 1 atom stereocenters. The first-order chi connectivity index (χ1) is 9.54. The maximum absolute atomic E-state index is 5.99. The van der Waals surface area contributed by atoms with Crippen LogP contribution < -0.4 is 10.2 Å². The lowest BCUT2D eigenvalue weighted by Crippen LogP contribution is -2.32. The highest BCUT2D eigenvalue weighted by atomic mass is 79.9. The van der Waals surface area contributed by atoms with E-state index in [1.54, 1.807) is 0 Å². The first-order valence-electron chi connectivity index (χ1n) is 6.18. The van der Waals surface area contributed by atoms with Crippen molar-refractivity contribution in [2.75, 3.05) is 10.2 Å². The molecule has 3 rings (SSSR count). The van der Waals surface area contributed by atoms with Crippen LogP contribution >= 0.6 is 43.5 Å². The van der Waals surface area contributed by atoms with E-state index in [1.807, 2.05) is 24.3 Å². The average molecular weight is 418 g/mol. The molecule has 104 valence electrons. The molecule has 1 aromatic carbocycles. The zero-order valence-corrected chi connectivity index (χ0v) is 14.6. The highest BCUT2D eigenvalue weighted by Crippen LogP contribution is 2.36. The van der Waals surface area contributed by atoms with Crippen molar-refractivity contribution in [2.24, 2.45) is 0 Å². The van der Waals surface area contributed by atoms with Crippen LogP contribution in [0.2, 0.25) is 5.02 Å². The summed E-state index contributed by atoms with van der Waals surface area (Å²) in [6.45, 7) is 2.92. The van der Waals surface area contributed by atoms with E-state index in [0.717, 1.165) is 32.1 Å². The first kappa shape index (κ1) is 14.2. The number of anilines is 2. The number of benzene rings is 1. The van der Waals surface area contributed by atoms with Gasteiger partial charge in [0.2, 0.25) is 0 Å². The van der Waals surface area contributed by atoms with Gasteiger partial charge in [-0.05, 0) is 52.7 Å². The van der Waals surface area contributed by atoms with Gasteiger partial charge in [0.25, 0.3) is 0 Å². The van der Waals surface area contributed by atoms with Gasteiger partial charge in [-0.1, -0.05) is 33.6 Å². The van der Waals surface area contributed by atoms with Gasteiger partial charge in [0.05, 0.1) is 11.9 Å². The quantitative estimate of drug-likeness (QED) is 0.694. The molecule has 0 bridgehead atoms. The monoisotopic (exact) mass is 415 g/mol. The summed E-state index contributed by atoms with van der Waals surface area (Å²) in [4.78, 5) is 6.74. The van der Waals surface area contributed by atoms with Crippen LogP contribution in [0.25, 0.3) is 0 Å². The van der Waals surface area contributed by atoms with Gasteiger partial charge in [-0.15, -0.1) is 0 Å². The van der Waals surface area contributed by atoms with E-state index in [9.17, 15) is 0 Å². The molecule has 0 fully saturated rings. The van der Waals surface area contributed by atoms with Crippen LogP contribution in [-0.4, -0.2) is 11.1 Å². The van der Waals surface area contributed by atoms with Crippen molar-refractivity contribution >= 4 is 55.0 Å². The van der Waals surface area contributed by atoms with Crippen LogP contribution in [0.15, 0.2) is 39.4 Å². The van der Waals surface area contributed by atoms with Crippen LogP contribution in [-0.2, 0) is 6.54 Å². The van der Waals surface area contributed by atoms with Crippen molar-refractivity contribution in [3.8, 4) is 0 Å². The highest BCUT2D eigenvalue weighted by Gasteiger charge is 2.26. The number of hydrogen-bond donors (Lipinski definition) is 1. The Labute approximate surface area is 139 Å². The Hall–Kier alpha value is -0.780. The maximum Gasteiger partial charge on any atom is 0.152 e. The molecule has 0 saturated carbocycles. The average Bonchev–Trinajstić information content (AvgIpc) is 2.68. The highest BCUT2D eigenvalue weighted by molar-refractivity contribution is 9.10. The molecule has 1 aliphatic heterocycles. The molecule has 1 aromatic heterocycles. The summed E-state index contributed by atoms with van der Waals surface area (Å²) >= 11 is 13.0. The Morgan fingerprint density at radius 2 is 2.10 bits per heavy atom. The molecule has 1 unspecified atom stereocenters. The first-order valence-corrected chi connectivity index (χ1v) is 8.14. The fourth-order valence-electron chi connectivity index (χ4n) is 2.31. The fourth-order valence-corrected chi connectivity index (χ4v) is 3.42. The predicted octanol–water partition coefficient (Wildman–Crippen LogP) is 5.04. The number of pyridine rings is 1. The largest absolute Gasteiger partial charge is 0.348 e. The normalized spacial score (nSPS) is 17.0. The van der Waals surface area contributed by atoms with E-state index >= 15 is 0 Å². The number of halogens is 3. The molecule has 0 spiro atoms. The van der Waals surface area contributed by atoms with Crippen LogP contribution in [0.3, 0.4) is 0 Å². The SMILES string of the molecule is CC1Nc2nc(Br)ccc2N1Cc1ccc(Cl)cc1Br. The van der Waals surface area contributed by atoms with Gasteiger partial charge in [0.15, 0.2) is 5.82 Å². The molecule has 1 aliphatic rings. The third-order valence-electron chi connectivity index (χ3n) is 3.32. The van der Waals surface area contributed by atoms with E-state index in [1.165, 1.54) is 5.56 Å². The van der Waals surface area contributed by atoms with Crippen LogP contribution in [0.4, 0.5) is 11.5 Å². The summed E-state index contributed by atoms with van der Waals surface area (Å²) in [5.74, 6) is 0.914. The van der Waals surface area contributed by atoms with Crippen LogP contribution in [0.5, 0.6) is 0 Å². The Morgan fingerprint density at radius 1 is 1.30 bits per heavy atom. The molecule has 2 aromatic rings. The van der Waals surface area contributed by atoms with Gasteiger partial charge in [0.1, 0.15) is 4.60 Å². The lowest BCUT2D eigenvalue weighted by molar-refractivity contribution is 0.723. The van der Waals surface area contributed by atoms with Crippen molar-refractivity contribution in [3.63, 3.8) is 0 Å². The third kappa shape index (κ3) is 2.67. The van der Waals surface area contributed by atoms with Crippen molar-refractivity contribution < 1.29 is 0 Å². The van der Waals surface area contributed by atoms with E-state index in [4.69, 9.17) is 11.6 Å². The second kappa shape index (κ2) is 5.54. The molecule has 0 saturated heterocycles. The van der Waals surface area contributed by atoms with Crippen molar-refractivity contribution in [3.05, 3.63) is 50.0 Å². The summed E-state index contributed by atoms with van der Waals surface area (Å²) in [7, 11) is 0. The molecule has 2 heterocycles. The Kier molecular flexibility index (Phi) is 3.93. The van der Waals surface area contributed by atoms with Crippen molar-refractivity contribution in [1.29, 1.82) is 0 Å². The summed E-state index contributed by atoms with van der Waals surface area (Å²) < 4.78 is 1.86. The molecular weight excluding hydrogens is 405 g/mol. The molecular formula is C14H12Br2ClN3. The van der Waals surface area contributed by atoms with Gasteiger partial charge in [0, 0.05) is 16.0 Å². The second-order valence-corrected chi connectivity index (χ2v) is 6.79. The van der Waals surface area contributed by atoms with E-state index in [2.05, 4.69) is 60.1 Å². The minimum Gasteiger partial charge on any atom is -0.348 e. The van der Waals surface area contributed by atoms with Crippen molar-refractivity contribution in [1.82, 2.24) is 4.98 Å². The molecule has 20 heavy (non-hydrogen) atoms. The topological polar surface area (TPSA) is 28.2 Å². The minimum absolute atomic E-state index is 0.203. The summed E-state index contributed by atoms with van der Waals surface area (Å²) in [5, 5.41) is 4.12. The van der Waals surface area contributed by atoms with Crippen LogP contribution in [0.1, 0.15) is 12.5 Å². The Bertz CT molecular complexity index is 663. The standard InChI is InChI=1S/C14H12Br2ClN3/c1-8-18-14-12(4-5-13(16)19-14)20(8)7-9-2-3-10(17)6-11(9)15/h2-6,8H,7H2,1H3,(H,18,19). The molecule has 1 N–H and O–H groups in total. The summed E-state index contributed by atoms with van der Waals surface area (Å²) in [6.07, 6.45) is 0.203. The number of rotatable bonds is 2. The fraction of sp³-hybridized carbons (Fsp3) is 0.214. The van der Waals surface area contributed by atoms with E-state index in [0.29, 0.717) is 0 Å². The molecule has 3 nitrogen and oxygen atoms in total. The Morgan fingerprint density at radius 3 is 2.85 bits per heavy atom. The molecule has 6 heteroatoms. The van der Waals surface area contributed by atoms with Gasteiger partial charge in [-0.2, -0.15) is 0 Å². The van der Waals surface area contributed by atoms with Crippen molar-refractivity contribution in [2.45, 2.75) is 19.6 Å². The van der Waals surface area contributed by atoms with E-state index < -0.39 is 0 Å². The van der Waals surface area contributed by atoms with Gasteiger partial charge >= 0.3 is 0 Å². The number of hydrogen-bond acceptors (Lipinski definition) is 3. The third-order valence-corrected chi connectivity index (χ3v) is 4.73. The second-order valence-electron chi connectivity index (χ2n) is 4.69. The lowest BCUT2D eigenvalue weighted by Gasteiger charge is -2.24. The summed E-state index contributed by atoms with van der Waals surface area (Å²) in [5.41, 5.74) is 2.31. The number of nitrogens with zero attached hydrogens (tertiary/aromatic N) is 2. The zero-order valence-electron chi connectivity index (χ0n) is 10.7. The van der Waals surface area contributed by atoms with Gasteiger partial charge < -0.3 is 10.2 Å². The molecule has 0 aliphatic carbocycles. The van der Waals surface area contributed by atoms with E-state index in [-0.39, 0.29) is 6.17 Å². The molecule has 0 amide bonds.